The second-order valence-electron chi connectivity index (χ2n) is 8.61. The number of terminal acetylenes is 1. The monoisotopic (exact) mass is 357 g/mol. The van der Waals surface area contributed by atoms with E-state index in [0.717, 1.165) is 5.57 Å². The molecule has 0 aromatic rings. The van der Waals surface area contributed by atoms with Gasteiger partial charge in [0.15, 0.2) is 6.61 Å². The van der Waals surface area contributed by atoms with E-state index in [1.165, 1.54) is 0 Å². The van der Waals surface area contributed by atoms with Gasteiger partial charge in [0.05, 0.1) is 12.1 Å². The van der Waals surface area contributed by atoms with Crippen molar-refractivity contribution in [2.75, 3.05) is 13.2 Å². The highest BCUT2D eigenvalue weighted by atomic mass is 16.6. The Kier molecular flexibility index (Phi) is 2.57. The molecule has 0 radical (unpaired) electrons. The van der Waals surface area contributed by atoms with Crippen molar-refractivity contribution < 1.29 is 28.6 Å². The van der Waals surface area contributed by atoms with Crippen LogP contribution in [-0.4, -0.2) is 53.8 Å². The number of carbonyl (C=O) groups is 3. The third-order valence-corrected chi connectivity index (χ3v) is 6.51. The first-order valence-electron chi connectivity index (χ1n) is 8.73. The molecule has 2 saturated carbocycles. The molecule has 0 unspecified atom stereocenters. The van der Waals surface area contributed by atoms with Crippen LogP contribution in [0.3, 0.4) is 0 Å². The fraction of sp³-hybridized carbons (Fsp3) is 0.632. The van der Waals surface area contributed by atoms with E-state index in [1.807, 2.05) is 6.08 Å². The smallest absolute Gasteiger partial charge is 0.410 e. The zero-order valence-electron chi connectivity index (χ0n) is 14.8. The van der Waals surface area contributed by atoms with Crippen molar-refractivity contribution in [1.29, 1.82) is 0 Å². The van der Waals surface area contributed by atoms with Crippen LogP contribution in [0, 0.1) is 35.0 Å². The molecule has 1 spiro atoms. The van der Waals surface area contributed by atoms with Gasteiger partial charge in [-0.2, -0.15) is 0 Å². The molecule has 0 aromatic carbocycles. The van der Waals surface area contributed by atoms with E-state index >= 15 is 0 Å². The average Bonchev–Trinajstić information content (AvgIpc) is 2.91. The molecular weight excluding hydrogens is 338 g/mol. The lowest BCUT2D eigenvalue weighted by Gasteiger charge is -2.31. The second-order valence-corrected chi connectivity index (χ2v) is 8.61. The van der Waals surface area contributed by atoms with Crippen LogP contribution in [0.15, 0.2) is 11.6 Å². The molecule has 7 nitrogen and oxygen atoms in total. The van der Waals surface area contributed by atoms with E-state index in [0.29, 0.717) is 0 Å². The molecule has 3 saturated heterocycles. The maximum atomic E-state index is 13.0. The first-order valence-corrected chi connectivity index (χ1v) is 8.73. The van der Waals surface area contributed by atoms with Crippen molar-refractivity contribution in [3.05, 3.63) is 11.6 Å². The molecule has 3 aliphatic heterocycles. The molecular formula is C19H19NO6. The maximum absolute atomic E-state index is 13.0. The van der Waals surface area contributed by atoms with Crippen molar-refractivity contribution in [2.45, 2.75) is 38.5 Å². The third kappa shape index (κ3) is 1.33. The highest BCUT2D eigenvalue weighted by molar-refractivity contribution is 6.03. The average molecular weight is 357 g/mol. The Morgan fingerprint density at radius 2 is 2.15 bits per heavy atom. The minimum atomic E-state index is -1.13. The molecule has 136 valence electrons. The van der Waals surface area contributed by atoms with E-state index in [9.17, 15) is 14.4 Å². The molecule has 3 heterocycles. The summed E-state index contributed by atoms with van der Waals surface area (Å²) in [5.74, 6) is 1.15. The Hall–Kier alpha value is -2.49. The number of hydrogen-bond acceptors (Lipinski definition) is 6. The predicted molar refractivity (Wildman–Crippen MR) is 86.3 cm³/mol. The topological polar surface area (TPSA) is 82.1 Å². The minimum absolute atomic E-state index is 0.0474. The molecule has 6 aliphatic rings. The molecule has 0 aromatic heterocycles. The SMILES string of the molecule is C#CCOC(=O)[C@]12[C@@H]3[C@H]4C=C5COC(=O)[C@]51[C@H]4N(C(=O)OC(C)(C)C)[C@H]32. The summed E-state index contributed by atoms with van der Waals surface area (Å²) in [6.45, 7) is 5.36. The Bertz CT molecular complexity index is 847. The Labute approximate surface area is 150 Å². The summed E-state index contributed by atoms with van der Waals surface area (Å²) < 4.78 is 16.1. The van der Waals surface area contributed by atoms with Crippen LogP contribution in [0.25, 0.3) is 0 Å². The van der Waals surface area contributed by atoms with Crippen LogP contribution in [0.2, 0.25) is 0 Å². The van der Waals surface area contributed by atoms with Crippen molar-refractivity contribution >= 4 is 18.0 Å². The molecule has 5 fully saturated rings. The summed E-state index contributed by atoms with van der Waals surface area (Å²) in [7, 11) is 0. The van der Waals surface area contributed by atoms with Gasteiger partial charge in [0.1, 0.15) is 23.0 Å². The van der Waals surface area contributed by atoms with Gasteiger partial charge in [-0.15, -0.1) is 6.42 Å². The van der Waals surface area contributed by atoms with Gasteiger partial charge in [-0.05, 0) is 26.3 Å². The highest BCUT2D eigenvalue weighted by Crippen LogP contribution is 2.88. The predicted octanol–water partition coefficient (Wildman–Crippen LogP) is 0.880. The minimum Gasteiger partial charge on any atom is -0.460 e. The number of hydrogen-bond donors (Lipinski definition) is 0. The van der Waals surface area contributed by atoms with Crippen molar-refractivity contribution in [3.63, 3.8) is 0 Å². The summed E-state index contributed by atoms with van der Waals surface area (Å²) in [6, 6.07) is -0.840. The molecule has 7 heteroatoms. The maximum Gasteiger partial charge on any atom is 0.410 e. The number of carbonyl (C=O) groups excluding carboxylic acids is 3. The summed E-state index contributed by atoms with van der Waals surface area (Å²) in [5.41, 5.74) is -2.09. The molecule has 6 atom stereocenters. The van der Waals surface area contributed by atoms with Crippen LogP contribution in [0.4, 0.5) is 4.79 Å². The molecule has 1 amide bonds. The number of cyclic esters (lactones) is 1. The quantitative estimate of drug-likeness (QED) is 0.316. The van der Waals surface area contributed by atoms with Gasteiger partial charge in [0.25, 0.3) is 0 Å². The molecule has 26 heavy (non-hydrogen) atoms. The van der Waals surface area contributed by atoms with Gasteiger partial charge >= 0.3 is 18.0 Å². The summed E-state index contributed by atoms with van der Waals surface area (Å²) in [6.07, 6.45) is 6.73. The number of piperidine rings is 2. The summed E-state index contributed by atoms with van der Waals surface area (Å²) in [4.78, 5) is 40.3. The standard InChI is InChI=1S/C19H19NO6/c1-5-6-24-15(22)19-11-10-7-9-8-25-14(21)18(9,19)12(10)20(13(11)19)16(23)26-17(2,3)4/h1,7,10-13H,6,8H2,2-4H3/t10-,11-,12+,13-,18-,19-/m1/s1. The van der Waals surface area contributed by atoms with E-state index in [4.69, 9.17) is 20.6 Å². The number of ether oxygens (including phenoxy) is 3. The summed E-state index contributed by atoms with van der Waals surface area (Å²) in [5, 5.41) is 0. The van der Waals surface area contributed by atoms with Crippen molar-refractivity contribution in [2.24, 2.45) is 22.7 Å². The molecule has 6 bridgehead atoms. The second kappa shape index (κ2) is 4.25. The van der Waals surface area contributed by atoms with E-state index < -0.39 is 46.5 Å². The first kappa shape index (κ1) is 15.7. The van der Waals surface area contributed by atoms with E-state index in [2.05, 4.69) is 5.92 Å². The highest BCUT2D eigenvalue weighted by Gasteiger charge is 3.02. The largest absolute Gasteiger partial charge is 0.460 e. The zero-order valence-corrected chi connectivity index (χ0v) is 14.8. The van der Waals surface area contributed by atoms with Gasteiger partial charge in [-0.1, -0.05) is 12.0 Å². The van der Waals surface area contributed by atoms with Gasteiger partial charge in [0, 0.05) is 11.8 Å². The van der Waals surface area contributed by atoms with E-state index in [1.54, 1.807) is 25.7 Å². The normalized spacial score (nSPS) is 42.8. The van der Waals surface area contributed by atoms with Crippen molar-refractivity contribution in [3.8, 4) is 12.3 Å². The molecule has 6 rings (SSSR count). The van der Waals surface area contributed by atoms with Gasteiger partial charge in [0.2, 0.25) is 0 Å². The van der Waals surface area contributed by atoms with Crippen LogP contribution >= 0.6 is 0 Å². The van der Waals surface area contributed by atoms with Crippen LogP contribution in [0.1, 0.15) is 20.8 Å². The number of amides is 1. The molecule has 0 N–H and O–H groups in total. The fourth-order valence-electron chi connectivity index (χ4n) is 6.14. The van der Waals surface area contributed by atoms with Crippen molar-refractivity contribution in [1.82, 2.24) is 4.90 Å². The van der Waals surface area contributed by atoms with Crippen LogP contribution in [0.5, 0.6) is 0 Å². The van der Waals surface area contributed by atoms with Crippen LogP contribution < -0.4 is 0 Å². The third-order valence-electron chi connectivity index (χ3n) is 6.51. The number of esters is 2. The number of nitrogens with zero attached hydrogens (tertiary/aromatic N) is 1. The lowest BCUT2D eigenvalue weighted by atomic mass is 9.70. The summed E-state index contributed by atoms with van der Waals surface area (Å²) >= 11 is 0. The molecule has 3 aliphatic carbocycles. The fourth-order valence-corrected chi connectivity index (χ4v) is 6.14. The number of rotatable bonds is 2. The van der Waals surface area contributed by atoms with Crippen LogP contribution in [-0.2, 0) is 23.8 Å². The van der Waals surface area contributed by atoms with Gasteiger partial charge in [-0.25, -0.2) is 4.79 Å². The Morgan fingerprint density at radius 1 is 1.42 bits per heavy atom. The van der Waals surface area contributed by atoms with Gasteiger partial charge < -0.3 is 14.2 Å². The zero-order chi connectivity index (χ0) is 18.6. The van der Waals surface area contributed by atoms with Gasteiger partial charge in [-0.3, -0.25) is 14.5 Å². The first-order chi connectivity index (χ1) is 12.2. The lowest BCUT2D eigenvalue weighted by molar-refractivity contribution is -0.161. The lowest BCUT2D eigenvalue weighted by Crippen LogP contribution is -2.48. The van der Waals surface area contributed by atoms with E-state index in [-0.39, 0.29) is 25.0 Å². The Balaban J connectivity index is 1.60. The Morgan fingerprint density at radius 3 is 2.81 bits per heavy atom.